The molecule has 0 aliphatic heterocycles. The van der Waals surface area contributed by atoms with Gasteiger partial charge in [-0.05, 0) is 52.4 Å². The summed E-state index contributed by atoms with van der Waals surface area (Å²) < 4.78 is 16.4. The van der Waals surface area contributed by atoms with E-state index in [-0.39, 0.29) is 5.82 Å². The molecule has 3 aromatic rings. The lowest BCUT2D eigenvalue weighted by molar-refractivity contribution is 0.612. The van der Waals surface area contributed by atoms with Gasteiger partial charge in [0.1, 0.15) is 9.52 Å². The smallest absolute Gasteiger partial charge is 0.154 e. The van der Waals surface area contributed by atoms with Crippen molar-refractivity contribution in [3.63, 3.8) is 0 Å². The van der Waals surface area contributed by atoms with E-state index < -0.39 is 0 Å². The lowest BCUT2D eigenvalue weighted by Crippen LogP contribution is -2.01. The minimum Gasteiger partial charge on any atom is -0.234 e. The van der Waals surface area contributed by atoms with Crippen LogP contribution in [-0.2, 0) is 6.42 Å². The first kappa shape index (κ1) is 12.8. The van der Waals surface area contributed by atoms with Gasteiger partial charge < -0.3 is 0 Å². The molecule has 3 nitrogen and oxygen atoms in total. The van der Waals surface area contributed by atoms with E-state index in [9.17, 15) is 4.39 Å². The molecule has 2 aromatic heterocycles. The zero-order valence-electron chi connectivity index (χ0n) is 9.65. The van der Waals surface area contributed by atoms with Crippen LogP contribution in [0.1, 0.15) is 11.3 Å². The molecule has 1 aromatic carbocycles. The molecule has 0 spiro atoms. The molecule has 6 heteroatoms. The quantitative estimate of drug-likeness (QED) is 0.628. The molecule has 0 amide bonds. The Balaban J connectivity index is 1.98. The van der Waals surface area contributed by atoms with Crippen molar-refractivity contribution in [1.29, 1.82) is 0 Å². The Morgan fingerprint density at radius 1 is 1.26 bits per heavy atom. The Kier molecular flexibility index (Phi) is 3.40. The maximum atomic E-state index is 13.7. The Labute approximate surface area is 127 Å². The molecular formula is C13H8ClFIN3. The summed E-state index contributed by atoms with van der Waals surface area (Å²) in [5.41, 5.74) is 2.14. The standard InChI is InChI=1S/C13H8ClFIN3/c14-9-2-1-8(11(15)6-9)5-10-3-4-13-17-7-12(16)19(13)18-10/h1-4,6-7H,5H2. The van der Waals surface area contributed by atoms with Crippen LogP contribution in [-0.4, -0.2) is 14.6 Å². The predicted octanol–water partition coefficient (Wildman–Crippen LogP) is 3.72. The topological polar surface area (TPSA) is 30.2 Å². The van der Waals surface area contributed by atoms with Crippen molar-refractivity contribution in [2.24, 2.45) is 0 Å². The number of hydrogen-bond acceptors (Lipinski definition) is 2. The molecule has 0 bridgehead atoms. The van der Waals surface area contributed by atoms with Gasteiger partial charge in [0.2, 0.25) is 0 Å². The van der Waals surface area contributed by atoms with Gasteiger partial charge in [-0.3, -0.25) is 0 Å². The number of hydrogen-bond donors (Lipinski definition) is 0. The fraction of sp³-hybridized carbons (Fsp3) is 0.0769. The average molecular weight is 388 g/mol. The molecule has 0 saturated carbocycles. The van der Waals surface area contributed by atoms with Crippen molar-refractivity contribution in [2.75, 3.05) is 0 Å². The van der Waals surface area contributed by atoms with Crippen LogP contribution in [0.5, 0.6) is 0 Å². The molecule has 0 fully saturated rings. The second-order valence-corrected chi connectivity index (χ2v) is 5.63. The first-order valence-corrected chi connectivity index (χ1v) is 7.02. The van der Waals surface area contributed by atoms with Gasteiger partial charge in [-0.15, -0.1) is 0 Å². The van der Waals surface area contributed by atoms with Gasteiger partial charge in [-0.1, -0.05) is 17.7 Å². The highest BCUT2D eigenvalue weighted by Crippen LogP contribution is 2.17. The maximum Gasteiger partial charge on any atom is 0.154 e. The number of halogens is 3. The molecule has 3 rings (SSSR count). The fourth-order valence-corrected chi connectivity index (χ4v) is 2.49. The number of fused-ring (bicyclic) bond motifs is 1. The summed E-state index contributed by atoms with van der Waals surface area (Å²) in [7, 11) is 0. The van der Waals surface area contributed by atoms with Crippen LogP contribution in [0.3, 0.4) is 0 Å². The van der Waals surface area contributed by atoms with Crippen LogP contribution < -0.4 is 0 Å². The van der Waals surface area contributed by atoms with Gasteiger partial charge in [0.05, 0.1) is 11.9 Å². The third kappa shape index (κ3) is 2.57. The van der Waals surface area contributed by atoms with Crippen LogP contribution in [0.2, 0.25) is 5.02 Å². The molecule has 0 radical (unpaired) electrons. The Morgan fingerprint density at radius 3 is 2.89 bits per heavy atom. The molecule has 0 aliphatic carbocycles. The molecule has 0 atom stereocenters. The summed E-state index contributed by atoms with van der Waals surface area (Å²) >= 11 is 7.89. The monoisotopic (exact) mass is 387 g/mol. The van der Waals surface area contributed by atoms with E-state index in [2.05, 4.69) is 32.7 Å². The average Bonchev–Trinajstić information content (AvgIpc) is 2.75. The van der Waals surface area contributed by atoms with Crippen LogP contribution in [0, 0.1) is 9.52 Å². The summed E-state index contributed by atoms with van der Waals surface area (Å²) in [5, 5.41) is 4.84. The van der Waals surface area contributed by atoms with Crippen LogP contribution in [0.15, 0.2) is 36.5 Å². The molecule has 0 N–H and O–H groups in total. The predicted molar refractivity (Wildman–Crippen MR) is 79.9 cm³/mol. The molecule has 19 heavy (non-hydrogen) atoms. The van der Waals surface area contributed by atoms with Gasteiger partial charge >= 0.3 is 0 Å². The van der Waals surface area contributed by atoms with E-state index in [0.717, 1.165) is 15.0 Å². The van der Waals surface area contributed by atoms with Crippen LogP contribution in [0.4, 0.5) is 4.39 Å². The minimum atomic E-state index is -0.310. The van der Waals surface area contributed by atoms with Gasteiger partial charge in [-0.2, -0.15) is 5.10 Å². The number of benzene rings is 1. The summed E-state index contributed by atoms with van der Waals surface area (Å²) in [6.45, 7) is 0. The summed E-state index contributed by atoms with van der Waals surface area (Å²) in [6.07, 6.45) is 2.17. The van der Waals surface area contributed by atoms with E-state index in [0.29, 0.717) is 17.0 Å². The van der Waals surface area contributed by atoms with E-state index in [1.54, 1.807) is 22.8 Å². The van der Waals surface area contributed by atoms with Gasteiger partial charge in [-0.25, -0.2) is 13.9 Å². The number of nitrogens with zero attached hydrogens (tertiary/aromatic N) is 3. The lowest BCUT2D eigenvalue weighted by Gasteiger charge is -2.04. The van der Waals surface area contributed by atoms with Crippen molar-refractivity contribution >= 4 is 39.8 Å². The highest BCUT2D eigenvalue weighted by atomic mass is 127. The summed E-state index contributed by atoms with van der Waals surface area (Å²) in [5.74, 6) is -0.310. The highest BCUT2D eigenvalue weighted by molar-refractivity contribution is 14.1. The van der Waals surface area contributed by atoms with Crippen LogP contribution >= 0.6 is 34.2 Å². The van der Waals surface area contributed by atoms with E-state index >= 15 is 0 Å². The zero-order chi connectivity index (χ0) is 13.4. The second-order valence-electron chi connectivity index (χ2n) is 4.09. The number of imidazole rings is 1. The second kappa shape index (κ2) is 5.05. The van der Waals surface area contributed by atoms with Crippen LogP contribution in [0.25, 0.3) is 5.65 Å². The Hall–Kier alpha value is -1.21. The van der Waals surface area contributed by atoms with Gasteiger partial charge in [0.25, 0.3) is 0 Å². The fourth-order valence-electron chi connectivity index (χ4n) is 1.84. The van der Waals surface area contributed by atoms with Crippen molar-refractivity contribution in [3.05, 3.63) is 62.3 Å². The minimum absolute atomic E-state index is 0.310. The van der Waals surface area contributed by atoms with Gasteiger partial charge in [0.15, 0.2) is 5.65 Å². The number of rotatable bonds is 2. The molecule has 0 saturated heterocycles. The summed E-state index contributed by atoms with van der Waals surface area (Å²) in [4.78, 5) is 4.20. The van der Waals surface area contributed by atoms with Crippen molar-refractivity contribution < 1.29 is 4.39 Å². The SMILES string of the molecule is Fc1cc(Cl)ccc1Cc1ccc2ncc(I)n2n1. The molecule has 96 valence electrons. The third-order valence-corrected chi connectivity index (χ3v) is 3.73. The van der Waals surface area contributed by atoms with E-state index in [1.165, 1.54) is 6.07 Å². The van der Waals surface area contributed by atoms with Crippen molar-refractivity contribution in [1.82, 2.24) is 14.6 Å². The third-order valence-electron chi connectivity index (χ3n) is 2.76. The van der Waals surface area contributed by atoms with Gasteiger partial charge in [0, 0.05) is 11.4 Å². The molecule has 2 heterocycles. The maximum absolute atomic E-state index is 13.7. The Bertz CT molecular complexity index is 757. The highest BCUT2D eigenvalue weighted by Gasteiger charge is 2.07. The first-order valence-electron chi connectivity index (χ1n) is 5.56. The number of aromatic nitrogens is 3. The lowest BCUT2D eigenvalue weighted by atomic mass is 10.1. The van der Waals surface area contributed by atoms with E-state index in [4.69, 9.17) is 11.6 Å². The van der Waals surface area contributed by atoms with Crippen molar-refractivity contribution in [3.8, 4) is 0 Å². The zero-order valence-corrected chi connectivity index (χ0v) is 12.6. The molecular weight excluding hydrogens is 380 g/mol. The Morgan fingerprint density at radius 2 is 2.11 bits per heavy atom. The summed E-state index contributed by atoms with van der Waals surface area (Å²) in [6, 6.07) is 8.41. The van der Waals surface area contributed by atoms with E-state index in [1.807, 2.05) is 12.1 Å². The normalized spacial score (nSPS) is 11.1. The van der Waals surface area contributed by atoms with Crippen molar-refractivity contribution in [2.45, 2.75) is 6.42 Å². The molecule has 0 aliphatic rings. The largest absolute Gasteiger partial charge is 0.234 e. The first-order chi connectivity index (χ1) is 9.13. The molecule has 0 unspecified atom stereocenters.